The molecule has 10 heteroatoms. The third kappa shape index (κ3) is 16.6. The predicted molar refractivity (Wildman–Crippen MR) is 72.8 cm³/mol. The molecular formula is C12H19F9I+. The minimum atomic E-state index is 0. The Balaban J connectivity index is -0.0000000363. The highest BCUT2D eigenvalue weighted by atomic mass is 127. The maximum absolute atomic E-state index is 2.21. The SMILES string of the molecule is F.F.F.F.F.F.F.F.F.c1ccc([I+]c2ccccc2)cc1. The molecule has 0 aliphatic carbocycles. The lowest BCUT2D eigenvalue weighted by molar-refractivity contribution is -0.597. The summed E-state index contributed by atoms with van der Waals surface area (Å²) in [6.07, 6.45) is 0. The summed E-state index contributed by atoms with van der Waals surface area (Å²) in [7, 11) is 0. The van der Waals surface area contributed by atoms with Crippen LogP contribution < -0.4 is 21.2 Å². The van der Waals surface area contributed by atoms with Crippen molar-refractivity contribution < 1.29 is 63.5 Å². The molecule has 0 amide bonds. The Morgan fingerprint density at radius 1 is 0.364 bits per heavy atom. The Hall–Kier alpha value is -1.46. The lowest BCUT2D eigenvalue weighted by Crippen LogP contribution is -3.61. The zero-order valence-electron chi connectivity index (χ0n) is 10.8. The molecule has 0 aliphatic rings. The molecule has 0 unspecified atom stereocenters. The van der Waals surface area contributed by atoms with Crippen molar-refractivity contribution in [1.82, 2.24) is 0 Å². The van der Waals surface area contributed by atoms with Crippen molar-refractivity contribution in [3.05, 3.63) is 67.8 Å². The van der Waals surface area contributed by atoms with Gasteiger partial charge in [0.05, 0.1) is 0 Å². The first kappa shape index (κ1) is 49.9. The quantitative estimate of drug-likeness (QED) is 0.466. The number of hydrogen-bond donors (Lipinski definition) is 0. The number of hydrogen-bond acceptors (Lipinski definition) is 0. The molecule has 0 saturated heterocycles. The average Bonchev–Trinajstić information content (AvgIpc) is 2.21. The highest BCUT2D eigenvalue weighted by molar-refractivity contribution is 5.02. The molecule has 2 aromatic carbocycles. The van der Waals surface area contributed by atoms with Gasteiger partial charge in [-0.05, 0) is 24.3 Å². The van der Waals surface area contributed by atoms with Gasteiger partial charge in [-0.1, -0.05) is 36.4 Å². The Morgan fingerprint density at radius 2 is 0.591 bits per heavy atom. The van der Waals surface area contributed by atoms with Crippen LogP contribution in [0.2, 0.25) is 0 Å². The summed E-state index contributed by atoms with van der Waals surface area (Å²) in [6.45, 7) is 0. The van der Waals surface area contributed by atoms with Crippen LogP contribution in [-0.2, 0) is 0 Å². The number of halogens is 10. The van der Waals surface area contributed by atoms with Crippen molar-refractivity contribution in [2.45, 2.75) is 0 Å². The van der Waals surface area contributed by atoms with Crippen LogP contribution in [0.1, 0.15) is 0 Å². The second-order valence-electron chi connectivity index (χ2n) is 2.69. The normalized spacial score (nSPS) is 5.82. The number of benzene rings is 2. The zero-order valence-corrected chi connectivity index (χ0v) is 13.0. The molecule has 0 nitrogen and oxygen atoms in total. The maximum atomic E-state index is 2.21. The van der Waals surface area contributed by atoms with E-state index in [0.717, 1.165) is 0 Å². The molecule has 2 aromatic rings. The first-order chi connectivity index (χ1) is 6.45. The van der Waals surface area contributed by atoms with Gasteiger partial charge in [-0.25, -0.2) is 0 Å². The topological polar surface area (TPSA) is 0 Å². The van der Waals surface area contributed by atoms with Crippen LogP contribution in [0.4, 0.5) is 42.3 Å². The monoisotopic (exact) mass is 461 g/mol. The minimum absolute atomic E-state index is 0. The summed E-state index contributed by atoms with van der Waals surface area (Å²) in [5, 5.41) is 0. The van der Waals surface area contributed by atoms with Crippen LogP contribution in [-0.4, -0.2) is 0 Å². The molecule has 0 spiro atoms. The summed E-state index contributed by atoms with van der Waals surface area (Å²) >= 11 is 0.0287. The second-order valence-corrected chi connectivity index (χ2v) is 5.72. The van der Waals surface area contributed by atoms with Crippen LogP contribution in [0.25, 0.3) is 0 Å². The highest BCUT2D eigenvalue weighted by Crippen LogP contribution is 1.85. The standard InChI is InChI=1S/C12H10I.9FH/c1-3-7-11(8-4-1)13-12-9-5-2-6-10-12;;;;;;;;;/h1-10H;9*1H/q+1;;;;;;;;;. The molecular weight excluding hydrogens is 442 g/mol. The van der Waals surface area contributed by atoms with Crippen molar-refractivity contribution in [3.8, 4) is 0 Å². The minimum Gasteiger partial charge on any atom is -0.269 e. The highest BCUT2D eigenvalue weighted by Gasteiger charge is 2.12. The Labute approximate surface area is 131 Å². The van der Waals surface area contributed by atoms with Crippen molar-refractivity contribution in [1.29, 1.82) is 0 Å². The Morgan fingerprint density at radius 3 is 0.818 bits per heavy atom. The molecule has 22 heavy (non-hydrogen) atoms. The molecule has 0 aromatic heterocycles. The van der Waals surface area contributed by atoms with Gasteiger partial charge in [0.2, 0.25) is 0 Å². The molecule has 2 rings (SSSR count). The fourth-order valence-electron chi connectivity index (χ4n) is 1.08. The first-order valence-electron chi connectivity index (χ1n) is 4.20. The van der Waals surface area contributed by atoms with E-state index in [1.54, 1.807) is 0 Å². The number of rotatable bonds is 2. The van der Waals surface area contributed by atoms with Gasteiger partial charge in [-0.2, -0.15) is 0 Å². The van der Waals surface area contributed by atoms with Crippen LogP contribution in [0, 0.1) is 7.14 Å². The van der Waals surface area contributed by atoms with Gasteiger partial charge in [0.25, 0.3) is 0 Å². The lowest BCUT2D eigenvalue weighted by Gasteiger charge is -1.84. The van der Waals surface area contributed by atoms with Crippen LogP contribution in [0.15, 0.2) is 60.7 Å². The van der Waals surface area contributed by atoms with E-state index < -0.39 is 0 Å². The summed E-state index contributed by atoms with van der Waals surface area (Å²) in [5.41, 5.74) is 0. The molecule has 0 radical (unpaired) electrons. The smallest absolute Gasteiger partial charge is 0.269 e. The van der Waals surface area contributed by atoms with Gasteiger partial charge >= 0.3 is 21.2 Å². The summed E-state index contributed by atoms with van der Waals surface area (Å²) in [6, 6.07) is 21.4. The van der Waals surface area contributed by atoms with Crippen molar-refractivity contribution in [2.24, 2.45) is 0 Å². The third-order valence-corrected chi connectivity index (χ3v) is 4.37. The summed E-state index contributed by atoms with van der Waals surface area (Å²) < 4.78 is 2.96. The fourth-order valence-corrected chi connectivity index (χ4v) is 3.35. The first-order valence-corrected chi connectivity index (χ1v) is 6.36. The molecule has 0 fully saturated rings. The second kappa shape index (κ2) is 27.8. The van der Waals surface area contributed by atoms with Gasteiger partial charge in [-0.15, -0.1) is 0 Å². The molecule has 0 N–H and O–H groups in total. The Bertz CT molecular complexity index is 337. The fraction of sp³-hybridized carbons (Fsp3) is 0. The largest absolute Gasteiger partial charge is 0.357 e. The van der Waals surface area contributed by atoms with Gasteiger partial charge in [0.1, 0.15) is 0 Å². The summed E-state index contributed by atoms with van der Waals surface area (Å²) in [5.74, 6) is 0. The van der Waals surface area contributed by atoms with Crippen molar-refractivity contribution in [3.63, 3.8) is 0 Å². The maximum Gasteiger partial charge on any atom is 0.357 e. The van der Waals surface area contributed by atoms with E-state index in [-0.39, 0.29) is 63.5 Å². The molecule has 0 saturated carbocycles. The van der Waals surface area contributed by atoms with Crippen LogP contribution in [0.5, 0.6) is 0 Å². The third-order valence-electron chi connectivity index (χ3n) is 1.68. The molecule has 0 heterocycles. The molecule has 0 bridgehead atoms. The predicted octanol–water partition coefficient (Wildman–Crippen LogP) is 1.19. The lowest BCUT2D eigenvalue weighted by atomic mass is 10.4. The molecule has 136 valence electrons. The van der Waals surface area contributed by atoms with E-state index in [0.29, 0.717) is 0 Å². The van der Waals surface area contributed by atoms with E-state index in [4.69, 9.17) is 0 Å². The van der Waals surface area contributed by atoms with Crippen LogP contribution in [0.3, 0.4) is 0 Å². The van der Waals surface area contributed by atoms with Gasteiger partial charge in [-0.3, -0.25) is 42.3 Å². The summed E-state index contributed by atoms with van der Waals surface area (Å²) in [4.78, 5) is 0. The van der Waals surface area contributed by atoms with Crippen molar-refractivity contribution in [2.75, 3.05) is 0 Å². The van der Waals surface area contributed by atoms with Crippen LogP contribution >= 0.6 is 0 Å². The van der Waals surface area contributed by atoms with E-state index >= 15 is 0 Å². The van der Waals surface area contributed by atoms with E-state index in [9.17, 15) is 0 Å². The van der Waals surface area contributed by atoms with E-state index in [2.05, 4.69) is 60.7 Å². The molecule has 0 aliphatic heterocycles. The van der Waals surface area contributed by atoms with Gasteiger partial charge in [0, 0.05) is 0 Å². The van der Waals surface area contributed by atoms with E-state index in [1.807, 2.05) is 0 Å². The van der Waals surface area contributed by atoms with E-state index in [1.165, 1.54) is 7.14 Å². The average molecular weight is 461 g/mol. The van der Waals surface area contributed by atoms with Crippen molar-refractivity contribution >= 4 is 0 Å². The van der Waals surface area contributed by atoms with Gasteiger partial charge in [0.15, 0.2) is 7.14 Å². The van der Waals surface area contributed by atoms with Gasteiger partial charge < -0.3 is 0 Å². The zero-order chi connectivity index (χ0) is 8.93. The molecule has 0 atom stereocenters. The Kier molecular flexibility index (Phi) is 63.0.